The molecular formula is C13H14N2OS. The molecule has 3 nitrogen and oxygen atoms in total. The molecule has 0 bridgehead atoms. The van der Waals surface area contributed by atoms with E-state index in [4.69, 9.17) is 4.74 Å². The summed E-state index contributed by atoms with van der Waals surface area (Å²) in [7, 11) is 0. The van der Waals surface area contributed by atoms with Gasteiger partial charge in [-0.15, -0.1) is 11.3 Å². The number of nitrogens with one attached hydrogen (secondary N) is 1. The molecule has 1 N–H and O–H groups in total. The van der Waals surface area contributed by atoms with Gasteiger partial charge in [0.2, 0.25) is 0 Å². The molecule has 0 spiro atoms. The Kier molecular flexibility index (Phi) is 3.07. The van der Waals surface area contributed by atoms with Crippen LogP contribution in [0.4, 0.5) is 0 Å². The molecule has 3 rings (SSSR count). The monoisotopic (exact) mass is 246 g/mol. The number of ether oxygens (including phenoxy) is 1. The second-order valence-corrected chi connectivity index (χ2v) is 5.07. The Balaban J connectivity index is 1.79. The van der Waals surface area contributed by atoms with E-state index in [0.717, 1.165) is 30.8 Å². The van der Waals surface area contributed by atoms with Crippen LogP contribution in [-0.4, -0.2) is 24.2 Å². The summed E-state index contributed by atoms with van der Waals surface area (Å²) in [4.78, 5) is 5.47. The molecule has 17 heavy (non-hydrogen) atoms. The van der Waals surface area contributed by atoms with E-state index in [1.54, 1.807) is 17.5 Å². The van der Waals surface area contributed by atoms with Crippen LogP contribution in [0.3, 0.4) is 0 Å². The molecule has 1 saturated heterocycles. The molecule has 3 heterocycles. The minimum absolute atomic E-state index is 0.287. The van der Waals surface area contributed by atoms with Crippen LogP contribution in [-0.2, 0) is 0 Å². The van der Waals surface area contributed by atoms with Crippen molar-refractivity contribution < 1.29 is 4.74 Å². The largest absolute Gasteiger partial charge is 0.487 e. The standard InChI is InChI=1S/C13H14N2OS/c1-2-13(17-5-1)10-6-12(9-15-7-10)16-11-3-4-14-8-11/h1-2,5-7,9,11,14H,3-4,8H2/t11-/m1/s1. The van der Waals surface area contributed by atoms with Gasteiger partial charge in [0.1, 0.15) is 11.9 Å². The second-order valence-electron chi connectivity index (χ2n) is 4.12. The van der Waals surface area contributed by atoms with Gasteiger partial charge in [0.05, 0.1) is 6.20 Å². The maximum absolute atomic E-state index is 5.89. The summed E-state index contributed by atoms with van der Waals surface area (Å²) in [5.74, 6) is 0.865. The molecule has 0 saturated carbocycles. The third kappa shape index (κ3) is 2.48. The molecule has 88 valence electrons. The first-order valence-corrected chi connectivity index (χ1v) is 6.66. The van der Waals surface area contributed by atoms with Crippen LogP contribution >= 0.6 is 11.3 Å². The van der Waals surface area contributed by atoms with Crippen molar-refractivity contribution in [3.8, 4) is 16.2 Å². The normalized spacial score (nSPS) is 19.4. The zero-order chi connectivity index (χ0) is 11.5. The van der Waals surface area contributed by atoms with Gasteiger partial charge >= 0.3 is 0 Å². The molecule has 1 aliphatic heterocycles. The molecule has 2 aromatic heterocycles. The van der Waals surface area contributed by atoms with Crippen molar-refractivity contribution in [2.75, 3.05) is 13.1 Å². The van der Waals surface area contributed by atoms with Gasteiger partial charge in [-0.3, -0.25) is 4.98 Å². The lowest BCUT2D eigenvalue weighted by molar-refractivity contribution is 0.222. The van der Waals surface area contributed by atoms with Crippen molar-refractivity contribution in [3.05, 3.63) is 36.0 Å². The summed E-state index contributed by atoms with van der Waals surface area (Å²) in [5.41, 5.74) is 1.13. The molecule has 4 heteroatoms. The van der Waals surface area contributed by atoms with Gasteiger partial charge in [0.15, 0.2) is 0 Å². The van der Waals surface area contributed by atoms with Gasteiger partial charge in [0.25, 0.3) is 0 Å². The van der Waals surface area contributed by atoms with E-state index in [1.807, 2.05) is 6.20 Å². The Morgan fingerprint density at radius 3 is 3.18 bits per heavy atom. The number of pyridine rings is 1. The molecule has 0 unspecified atom stereocenters. The Labute approximate surface area is 104 Å². The topological polar surface area (TPSA) is 34.1 Å². The summed E-state index contributed by atoms with van der Waals surface area (Å²) in [6.45, 7) is 1.98. The minimum atomic E-state index is 0.287. The average molecular weight is 246 g/mol. The first-order valence-electron chi connectivity index (χ1n) is 5.78. The van der Waals surface area contributed by atoms with Crippen molar-refractivity contribution in [2.24, 2.45) is 0 Å². The van der Waals surface area contributed by atoms with E-state index in [2.05, 4.69) is 33.9 Å². The van der Waals surface area contributed by atoms with Crippen LogP contribution in [0.1, 0.15) is 6.42 Å². The van der Waals surface area contributed by atoms with E-state index in [9.17, 15) is 0 Å². The summed E-state index contributed by atoms with van der Waals surface area (Å²) in [5, 5.41) is 5.36. The second kappa shape index (κ2) is 4.85. The third-order valence-electron chi connectivity index (χ3n) is 2.84. The van der Waals surface area contributed by atoms with Gasteiger partial charge in [0, 0.05) is 23.2 Å². The Morgan fingerprint density at radius 1 is 1.41 bits per heavy atom. The van der Waals surface area contributed by atoms with Gasteiger partial charge in [-0.2, -0.15) is 0 Å². The predicted octanol–water partition coefficient (Wildman–Crippen LogP) is 2.55. The van der Waals surface area contributed by atoms with Crippen molar-refractivity contribution in [1.82, 2.24) is 10.3 Å². The SMILES string of the molecule is c1csc(-c2cncc(O[C@@H]3CCNC3)c2)c1. The van der Waals surface area contributed by atoms with Crippen LogP contribution in [0.5, 0.6) is 5.75 Å². The zero-order valence-corrected chi connectivity index (χ0v) is 10.2. The van der Waals surface area contributed by atoms with Crippen molar-refractivity contribution in [1.29, 1.82) is 0 Å². The van der Waals surface area contributed by atoms with Gasteiger partial charge < -0.3 is 10.1 Å². The molecule has 0 aliphatic carbocycles. The molecule has 0 amide bonds. The summed E-state index contributed by atoms with van der Waals surface area (Å²) in [6.07, 6.45) is 5.03. The first-order chi connectivity index (χ1) is 8.42. The van der Waals surface area contributed by atoms with E-state index in [-0.39, 0.29) is 6.10 Å². The molecule has 2 aromatic rings. The third-order valence-corrected chi connectivity index (χ3v) is 3.76. The predicted molar refractivity (Wildman–Crippen MR) is 69.5 cm³/mol. The Morgan fingerprint density at radius 2 is 2.41 bits per heavy atom. The number of nitrogens with zero attached hydrogens (tertiary/aromatic N) is 1. The Hall–Kier alpha value is -1.39. The highest BCUT2D eigenvalue weighted by Gasteiger charge is 2.16. The fourth-order valence-corrected chi connectivity index (χ4v) is 2.69. The number of hydrogen-bond donors (Lipinski definition) is 1. The van der Waals surface area contributed by atoms with Crippen LogP contribution in [0, 0.1) is 0 Å². The van der Waals surface area contributed by atoms with E-state index in [1.165, 1.54) is 4.88 Å². The molecule has 1 atom stereocenters. The van der Waals surface area contributed by atoms with Crippen molar-refractivity contribution in [2.45, 2.75) is 12.5 Å². The van der Waals surface area contributed by atoms with Gasteiger partial charge in [-0.05, 0) is 30.5 Å². The van der Waals surface area contributed by atoms with E-state index in [0.29, 0.717) is 0 Å². The fourth-order valence-electron chi connectivity index (χ4n) is 1.98. The lowest BCUT2D eigenvalue weighted by Gasteiger charge is -2.12. The molecule has 0 radical (unpaired) electrons. The molecule has 1 aliphatic rings. The van der Waals surface area contributed by atoms with Crippen LogP contribution in [0.25, 0.3) is 10.4 Å². The summed E-state index contributed by atoms with van der Waals surface area (Å²) >= 11 is 1.72. The van der Waals surface area contributed by atoms with E-state index >= 15 is 0 Å². The molecule has 1 fully saturated rings. The fraction of sp³-hybridized carbons (Fsp3) is 0.308. The molecule has 0 aromatic carbocycles. The molecular weight excluding hydrogens is 232 g/mol. The highest BCUT2D eigenvalue weighted by Crippen LogP contribution is 2.27. The number of hydrogen-bond acceptors (Lipinski definition) is 4. The minimum Gasteiger partial charge on any atom is -0.487 e. The summed E-state index contributed by atoms with van der Waals surface area (Å²) in [6, 6.07) is 6.22. The van der Waals surface area contributed by atoms with Gasteiger partial charge in [-0.1, -0.05) is 6.07 Å². The lowest BCUT2D eigenvalue weighted by Crippen LogP contribution is -2.19. The number of aromatic nitrogens is 1. The lowest BCUT2D eigenvalue weighted by atomic mass is 10.2. The Bertz CT molecular complexity index is 478. The number of rotatable bonds is 3. The van der Waals surface area contributed by atoms with Gasteiger partial charge in [-0.25, -0.2) is 0 Å². The van der Waals surface area contributed by atoms with Crippen molar-refractivity contribution in [3.63, 3.8) is 0 Å². The number of thiophene rings is 1. The first kappa shape index (κ1) is 10.7. The van der Waals surface area contributed by atoms with Crippen LogP contribution in [0.15, 0.2) is 36.0 Å². The quantitative estimate of drug-likeness (QED) is 0.903. The average Bonchev–Trinajstić information content (AvgIpc) is 3.01. The maximum Gasteiger partial charge on any atom is 0.138 e. The van der Waals surface area contributed by atoms with Crippen LogP contribution < -0.4 is 10.1 Å². The summed E-state index contributed by atoms with van der Waals surface area (Å²) < 4.78 is 5.89. The van der Waals surface area contributed by atoms with Crippen molar-refractivity contribution >= 4 is 11.3 Å². The smallest absolute Gasteiger partial charge is 0.138 e. The zero-order valence-electron chi connectivity index (χ0n) is 9.43. The van der Waals surface area contributed by atoms with Crippen LogP contribution in [0.2, 0.25) is 0 Å². The highest BCUT2D eigenvalue weighted by atomic mass is 32.1. The highest BCUT2D eigenvalue weighted by molar-refractivity contribution is 7.13. The van der Waals surface area contributed by atoms with E-state index < -0.39 is 0 Å². The maximum atomic E-state index is 5.89.